The molecule has 2 aromatic rings. The maximum absolute atomic E-state index is 14.0. The minimum atomic E-state index is -0.196. The van der Waals surface area contributed by atoms with E-state index >= 15 is 0 Å². The molecule has 0 N–H and O–H groups in total. The quantitative estimate of drug-likeness (QED) is 0.796. The van der Waals surface area contributed by atoms with Crippen molar-refractivity contribution in [1.82, 2.24) is 19.8 Å². The number of hydrogen-bond donors (Lipinski definition) is 0. The van der Waals surface area contributed by atoms with Gasteiger partial charge in [-0.15, -0.1) is 0 Å². The Morgan fingerprint density at radius 3 is 2.32 bits per heavy atom. The largest absolute Gasteiger partial charge is 0.366 e. The molecule has 2 aliphatic heterocycles. The van der Waals surface area contributed by atoms with Crippen LogP contribution in [0.2, 0.25) is 0 Å². The van der Waals surface area contributed by atoms with Crippen molar-refractivity contribution in [1.29, 1.82) is 0 Å². The summed E-state index contributed by atoms with van der Waals surface area (Å²) in [6.07, 6.45) is 1.46. The Hall–Kier alpha value is -2.74. The van der Waals surface area contributed by atoms with E-state index in [0.29, 0.717) is 37.6 Å². The Morgan fingerprint density at radius 2 is 1.61 bits per heavy atom. The summed E-state index contributed by atoms with van der Waals surface area (Å²) in [5, 5.41) is 0. The zero-order valence-corrected chi connectivity index (χ0v) is 16.1. The standard InChI is InChI=1S/C20H25FN6O/c1-24-6-8-27(9-7-24)20(28)17-14-19(23-15-22-17)26-12-10-25(11-13-26)18-5-3-2-4-16(18)21/h2-5,14-15H,6-13H2,1H3. The fourth-order valence-corrected chi connectivity index (χ4v) is 3.69. The van der Waals surface area contributed by atoms with Crippen molar-refractivity contribution in [2.24, 2.45) is 0 Å². The maximum Gasteiger partial charge on any atom is 0.272 e. The summed E-state index contributed by atoms with van der Waals surface area (Å²) in [4.78, 5) is 29.6. The smallest absolute Gasteiger partial charge is 0.272 e. The monoisotopic (exact) mass is 384 g/mol. The number of rotatable bonds is 3. The first kappa shape index (κ1) is 18.6. The summed E-state index contributed by atoms with van der Waals surface area (Å²) in [5.41, 5.74) is 1.07. The molecule has 0 aliphatic carbocycles. The number of likely N-dealkylation sites (N-methyl/N-ethyl adjacent to an activating group) is 1. The topological polar surface area (TPSA) is 55.8 Å². The van der Waals surface area contributed by atoms with Crippen molar-refractivity contribution < 1.29 is 9.18 Å². The van der Waals surface area contributed by atoms with Crippen LogP contribution < -0.4 is 9.80 Å². The van der Waals surface area contributed by atoms with E-state index in [0.717, 1.165) is 32.0 Å². The molecule has 1 amide bonds. The average Bonchev–Trinajstić information content (AvgIpc) is 2.74. The Labute approximate surface area is 164 Å². The van der Waals surface area contributed by atoms with Gasteiger partial charge in [-0.05, 0) is 19.2 Å². The lowest BCUT2D eigenvalue weighted by Crippen LogP contribution is -2.48. The molecular formula is C20H25FN6O. The van der Waals surface area contributed by atoms with Crippen LogP contribution in [-0.4, -0.2) is 85.1 Å². The second-order valence-corrected chi connectivity index (χ2v) is 7.28. The van der Waals surface area contributed by atoms with Gasteiger partial charge >= 0.3 is 0 Å². The van der Waals surface area contributed by atoms with Crippen LogP contribution in [0, 0.1) is 5.82 Å². The highest BCUT2D eigenvalue weighted by Gasteiger charge is 2.24. The Kier molecular flexibility index (Phi) is 5.38. The van der Waals surface area contributed by atoms with Crippen molar-refractivity contribution in [3.05, 3.63) is 48.2 Å². The van der Waals surface area contributed by atoms with Gasteiger partial charge in [0.15, 0.2) is 0 Å². The van der Waals surface area contributed by atoms with Crippen LogP contribution in [0.5, 0.6) is 0 Å². The predicted molar refractivity (Wildman–Crippen MR) is 106 cm³/mol. The third-order valence-corrected chi connectivity index (χ3v) is 5.46. The normalized spacial score (nSPS) is 18.4. The highest BCUT2D eigenvalue weighted by molar-refractivity contribution is 5.93. The third-order valence-electron chi connectivity index (χ3n) is 5.46. The highest BCUT2D eigenvalue weighted by atomic mass is 19.1. The molecular weight excluding hydrogens is 359 g/mol. The van der Waals surface area contributed by atoms with Crippen LogP contribution in [0.3, 0.4) is 0 Å². The van der Waals surface area contributed by atoms with Gasteiger partial charge in [0.1, 0.15) is 23.7 Å². The number of benzene rings is 1. The van der Waals surface area contributed by atoms with Crippen molar-refractivity contribution in [2.45, 2.75) is 0 Å². The third kappa shape index (κ3) is 3.91. The van der Waals surface area contributed by atoms with Crippen LogP contribution in [0.4, 0.5) is 15.9 Å². The van der Waals surface area contributed by atoms with E-state index in [1.807, 2.05) is 21.9 Å². The number of piperazine rings is 2. The fraction of sp³-hybridized carbons (Fsp3) is 0.450. The molecule has 2 saturated heterocycles. The molecule has 0 saturated carbocycles. The lowest BCUT2D eigenvalue weighted by molar-refractivity contribution is 0.0658. The van der Waals surface area contributed by atoms with E-state index in [2.05, 4.69) is 26.8 Å². The molecule has 0 bridgehead atoms. The fourth-order valence-electron chi connectivity index (χ4n) is 3.69. The second kappa shape index (κ2) is 8.10. The van der Waals surface area contributed by atoms with E-state index in [1.165, 1.54) is 12.4 Å². The molecule has 3 heterocycles. The molecule has 0 unspecified atom stereocenters. The van der Waals surface area contributed by atoms with Crippen LogP contribution in [0.1, 0.15) is 10.5 Å². The van der Waals surface area contributed by atoms with Gasteiger partial charge in [-0.25, -0.2) is 14.4 Å². The zero-order chi connectivity index (χ0) is 19.5. The van der Waals surface area contributed by atoms with Crippen LogP contribution in [0.15, 0.2) is 36.7 Å². The van der Waals surface area contributed by atoms with E-state index < -0.39 is 0 Å². The first-order valence-corrected chi connectivity index (χ1v) is 9.66. The molecule has 28 heavy (non-hydrogen) atoms. The highest BCUT2D eigenvalue weighted by Crippen LogP contribution is 2.22. The van der Waals surface area contributed by atoms with Crippen LogP contribution in [0.25, 0.3) is 0 Å². The summed E-state index contributed by atoms with van der Waals surface area (Å²) in [5.74, 6) is 0.514. The molecule has 0 atom stereocenters. The molecule has 4 rings (SSSR count). The SMILES string of the molecule is CN1CCN(C(=O)c2cc(N3CCN(c4ccccc4F)CC3)ncn2)CC1. The van der Waals surface area contributed by atoms with Gasteiger partial charge < -0.3 is 19.6 Å². The molecule has 2 aliphatic rings. The molecule has 8 heteroatoms. The molecule has 0 radical (unpaired) electrons. The van der Waals surface area contributed by atoms with Gasteiger partial charge in [0.25, 0.3) is 5.91 Å². The number of halogens is 1. The van der Waals surface area contributed by atoms with Gasteiger partial charge in [0.2, 0.25) is 0 Å². The van der Waals surface area contributed by atoms with Crippen molar-refractivity contribution in [3.8, 4) is 0 Å². The van der Waals surface area contributed by atoms with Gasteiger partial charge in [-0.2, -0.15) is 0 Å². The van der Waals surface area contributed by atoms with Gasteiger partial charge in [-0.1, -0.05) is 12.1 Å². The van der Waals surface area contributed by atoms with E-state index in [9.17, 15) is 9.18 Å². The van der Waals surface area contributed by atoms with Crippen molar-refractivity contribution >= 4 is 17.4 Å². The van der Waals surface area contributed by atoms with Gasteiger partial charge in [0, 0.05) is 58.4 Å². The molecule has 0 spiro atoms. The predicted octanol–water partition coefficient (Wildman–Crippen LogP) is 1.33. The summed E-state index contributed by atoms with van der Waals surface area (Å²) < 4.78 is 14.0. The second-order valence-electron chi connectivity index (χ2n) is 7.28. The summed E-state index contributed by atoms with van der Waals surface area (Å²) >= 11 is 0. The minimum Gasteiger partial charge on any atom is -0.366 e. The van der Waals surface area contributed by atoms with Gasteiger partial charge in [0.05, 0.1) is 5.69 Å². The van der Waals surface area contributed by atoms with E-state index in [4.69, 9.17) is 0 Å². The Balaban J connectivity index is 1.41. The number of carbonyl (C=O) groups is 1. The number of hydrogen-bond acceptors (Lipinski definition) is 6. The molecule has 7 nitrogen and oxygen atoms in total. The zero-order valence-electron chi connectivity index (χ0n) is 16.1. The minimum absolute atomic E-state index is 0.0401. The number of para-hydroxylation sites is 1. The van der Waals surface area contributed by atoms with E-state index in [-0.39, 0.29) is 11.7 Å². The number of nitrogens with zero attached hydrogens (tertiary/aromatic N) is 6. The van der Waals surface area contributed by atoms with Crippen molar-refractivity contribution in [3.63, 3.8) is 0 Å². The lowest BCUT2D eigenvalue weighted by atomic mass is 10.2. The van der Waals surface area contributed by atoms with Crippen LogP contribution in [-0.2, 0) is 0 Å². The summed E-state index contributed by atoms with van der Waals surface area (Å²) in [6.45, 7) is 6.02. The average molecular weight is 384 g/mol. The van der Waals surface area contributed by atoms with Gasteiger partial charge in [-0.3, -0.25) is 4.79 Å². The van der Waals surface area contributed by atoms with Crippen molar-refractivity contribution in [2.75, 3.05) is 69.2 Å². The number of amides is 1. The first-order valence-electron chi connectivity index (χ1n) is 9.66. The molecule has 1 aromatic carbocycles. The molecule has 1 aromatic heterocycles. The number of aromatic nitrogens is 2. The Bertz CT molecular complexity index is 831. The first-order chi connectivity index (χ1) is 13.6. The molecule has 148 valence electrons. The maximum atomic E-state index is 14.0. The van der Waals surface area contributed by atoms with Crippen LogP contribution >= 0.6 is 0 Å². The number of anilines is 2. The summed E-state index contributed by atoms with van der Waals surface area (Å²) in [6, 6.07) is 8.63. The molecule has 2 fully saturated rings. The lowest BCUT2D eigenvalue weighted by Gasteiger charge is -2.37. The summed E-state index contributed by atoms with van der Waals surface area (Å²) in [7, 11) is 2.06. The van der Waals surface area contributed by atoms with E-state index in [1.54, 1.807) is 12.1 Å². The number of carbonyl (C=O) groups excluding carboxylic acids is 1. The Morgan fingerprint density at radius 1 is 0.929 bits per heavy atom.